The Labute approximate surface area is 108 Å². The number of rotatable bonds is 6. The van der Waals surface area contributed by atoms with Crippen molar-refractivity contribution >= 4 is 11.9 Å². The molecule has 0 bridgehead atoms. The van der Waals surface area contributed by atoms with E-state index in [1.807, 2.05) is 4.90 Å². The number of piperidine rings is 1. The number of carbonyl (C=O) groups excluding carboxylic acids is 1. The Bertz CT molecular complexity index is 292. The van der Waals surface area contributed by atoms with E-state index in [9.17, 15) is 9.59 Å². The minimum atomic E-state index is -0.901. The zero-order valence-corrected chi connectivity index (χ0v) is 11.1. The van der Waals surface area contributed by atoms with Crippen LogP contribution < -0.4 is 5.73 Å². The Kier molecular flexibility index (Phi) is 6.12. The van der Waals surface area contributed by atoms with E-state index < -0.39 is 12.0 Å². The van der Waals surface area contributed by atoms with Crippen molar-refractivity contribution in [2.24, 2.45) is 5.73 Å². The van der Waals surface area contributed by atoms with Gasteiger partial charge in [0, 0.05) is 19.0 Å². The highest BCUT2D eigenvalue weighted by Crippen LogP contribution is 2.21. The van der Waals surface area contributed by atoms with Gasteiger partial charge in [-0.05, 0) is 32.1 Å². The number of amides is 1. The lowest BCUT2D eigenvalue weighted by Gasteiger charge is -2.37. The monoisotopic (exact) mass is 256 g/mol. The SMILES string of the molecule is CCCC1CCCCN1C(=O)C(N)CCC(=O)O. The maximum Gasteiger partial charge on any atom is 0.303 e. The molecular weight excluding hydrogens is 232 g/mol. The molecule has 5 nitrogen and oxygen atoms in total. The van der Waals surface area contributed by atoms with Crippen LogP contribution in [0.25, 0.3) is 0 Å². The highest BCUT2D eigenvalue weighted by atomic mass is 16.4. The molecule has 1 rings (SSSR count). The lowest BCUT2D eigenvalue weighted by molar-refractivity contribution is -0.138. The first-order chi connectivity index (χ1) is 8.56. The number of nitrogens with zero attached hydrogens (tertiary/aromatic N) is 1. The van der Waals surface area contributed by atoms with E-state index in [0.717, 1.165) is 32.2 Å². The van der Waals surface area contributed by atoms with E-state index in [1.165, 1.54) is 6.42 Å². The number of aliphatic carboxylic acids is 1. The number of likely N-dealkylation sites (tertiary alicyclic amines) is 1. The zero-order valence-electron chi connectivity index (χ0n) is 11.1. The number of carboxylic acid groups (broad SMARTS) is 1. The minimum absolute atomic E-state index is 0.0425. The molecule has 0 aromatic heterocycles. The normalized spacial score (nSPS) is 21.7. The first-order valence-corrected chi connectivity index (χ1v) is 6.84. The predicted molar refractivity (Wildman–Crippen MR) is 69.1 cm³/mol. The van der Waals surface area contributed by atoms with Crippen molar-refractivity contribution in [3.8, 4) is 0 Å². The largest absolute Gasteiger partial charge is 0.481 e. The number of hydrogen-bond donors (Lipinski definition) is 2. The van der Waals surface area contributed by atoms with Crippen LogP contribution in [0.2, 0.25) is 0 Å². The van der Waals surface area contributed by atoms with Crippen LogP contribution in [-0.2, 0) is 9.59 Å². The van der Waals surface area contributed by atoms with Gasteiger partial charge < -0.3 is 15.7 Å². The van der Waals surface area contributed by atoms with Crippen molar-refractivity contribution in [2.75, 3.05) is 6.54 Å². The third-order valence-electron chi connectivity index (χ3n) is 3.52. The number of carboxylic acids is 1. The van der Waals surface area contributed by atoms with Gasteiger partial charge in [-0.3, -0.25) is 9.59 Å². The molecule has 18 heavy (non-hydrogen) atoms. The van der Waals surface area contributed by atoms with Crippen LogP contribution >= 0.6 is 0 Å². The molecule has 1 amide bonds. The Hall–Kier alpha value is -1.10. The third kappa shape index (κ3) is 4.29. The molecular formula is C13H24N2O3. The van der Waals surface area contributed by atoms with Gasteiger partial charge in [0.15, 0.2) is 0 Å². The summed E-state index contributed by atoms with van der Waals surface area (Å²) < 4.78 is 0. The fourth-order valence-corrected chi connectivity index (χ4v) is 2.54. The highest BCUT2D eigenvalue weighted by molar-refractivity contribution is 5.82. The number of hydrogen-bond acceptors (Lipinski definition) is 3. The van der Waals surface area contributed by atoms with Crippen LogP contribution in [0.15, 0.2) is 0 Å². The Morgan fingerprint density at radius 1 is 1.44 bits per heavy atom. The standard InChI is InChI=1S/C13H24N2O3/c1-2-5-10-6-3-4-9-15(10)13(18)11(14)7-8-12(16)17/h10-11H,2-9,14H2,1H3,(H,16,17). The molecule has 5 heteroatoms. The molecule has 1 aliphatic rings. The maximum atomic E-state index is 12.2. The highest BCUT2D eigenvalue weighted by Gasteiger charge is 2.29. The smallest absolute Gasteiger partial charge is 0.303 e. The van der Waals surface area contributed by atoms with Gasteiger partial charge in [0.25, 0.3) is 0 Å². The predicted octanol–water partition coefficient (Wildman–Crippen LogP) is 1.36. The molecule has 1 aliphatic heterocycles. The summed E-state index contributed by atoms with van der Waals surface area (Å²) in [7, 11) is 0. The lowest BCUT2D eigenvalue weighted by Crippen LogP contribution is -2.50. The van der Waals surface area contributed by atoms with Crippen LogP contribution in [0.4, 0.5) is 0 Å². The second-order valence-corrected chi connectivity index (χ2v) is 5.01. The lowest BCUT2D eigenvalue weighted by atomic mass is 9.97. The fourth-order valence-electron chi connectivity index (χ4n) is 2.54. The number of carbonyl (C=O) groups is 2. The summed E-state index contributed by atoms with van der Waals surface area (Å²) >= 11 is 0. The number of nitrogens with two attached hydrogens (primary N) is 1. The van der Waals surface area contributed by atoms with Gasteiger partial charge in [0.1, 0.15) is 0 Å². The molecule has 0 saturated carbocycles. The first kappa shape index (κ1) is 15.0. The third-order valence-corrected chi connectivity index (χ3v) is 3.52. The Morgan fingerprint density at radius 3 is 2.78 bits per heavy atom. The van der Waals surface area contributed by atoms with E-state index in [1.54, 1.807) is 0 Å². The summed E-state index contributed by atoms with van der Waals surface area (Å²) in [5.74, 6) is -0.976. The van der Waals surface area contributed by atoms with Gasteiger partial charge in [-0.25, -0.2) is 0 Å². The molecule has 2 atom stereocenters. The van der Waals surface area contributed by atoms with Gasteiger partial charge in [-0.15, -0.1) is 0 Å². The van der Waals surface area contributed by atoms with Crippen LogP contribution in [0.1, 0.15) is 51.9 Å². The van der Waals surface area contributed by atoms with E-state index in [2.05, 4.69) is 6.92 Å². The maximum absolute atomic E-state index is 12.2. The summed E-state index contributed by atoms with van der Waals surface area (Å²) in [5.41, 5.74) is 5.80. The molecule has 1 fully saturated rings. The van der Waals surface area contributed by atoms with Crippen molar-refractivity contribution in [3.05, 3.63) is 0 Å². The van der Waals surface area contributed by atoms with Crippen molar-refractivity contribution in [2.45, 2.75) is 64.0 Å². The Morgan fingerprint density at radius 2 is 2.17 bits per heavy atom. The Balaban J connectivity index is 2.53. The molecule has 0 aromatic rings. The average Bonchev–Trinajstić information content (AvgIpc) is 2.36. The minimum Gasteiger partial charge on any atom is -0.481 e. The van der Waals surface area contributed by atoms with Crippen LogP contribution in [-0.4, -0.2) is 40.5 Å². The van der Waals surface area contributed by atoms with Crippen molar-refractivity contribution in [3.63, 3.8) is 0 Å². The second kappa shape index (κ2) is 7.36. The summed E-state index contributed by atoms with van der Waals surface area (Å²) in [4.78, 5) is 24.6. The topological polar surface area (TPSA) is 83.6 Å². The van der Waals surface area contributed by atoms with Gasteiger partial charge in [0.05, 0.1) is 6.04 Å². The van der Waals surface area contributed by atoms with Crippen LogP contribution in [0.5, 0.6) is 0 Å². The van der Waals surface area contributed by atoms with Crippen LogP contribution in [0, 0.1) is 0 Å². The summed E-state index contributed by atoms with van der Waals surface area (Å²) in [6.07, 6.45) is 5.49. The van der Waals surface area contributed by atoms with Crippen molar-refractivity contribution in [1.29, 1.82) is 0 Å². The molecule has 104 valence electrons. The first-order valence-electron chi connectivity index (χ1n) is 6.84. The zero-order chi connectivity index (χ0) is 13.5. The summed E-state index contributed by atoms with van der Waals surface area (Å²) in [5, 5.41) is 8.61. The van der Waals surface area contributed by atoms with E-state index >= 15 is 0 Å². The second-order valence-electron chi connectivity index (χ2n) is 5.01. The summed E-state index contributed by atoms with van der Waals surface area (Å²) in [6.45, 7) is 2.88. The molecule has 0 radical (unpaired) electrons. The molecule has 1 heterocycles. The van der Waals surface area contributed by atoms with Crippen molar-refractivity contribution in [1.82, 2.24) is 4.90 Å². The van der Waals surface area contributed by atoms with Gasteiger partial charge in [-0.1, -0.05) is 13.3 Å². The fraction of sp³-hybridized carbons (Fsp3) is 0.846. The molecule has 1 saturated heterocycles. The average molecular weight is 256 g/mol. The van der Waals surface area contributed by atoms with E-state index in [-0.39, 0.29) is 18.7 Å². The molecule has 2 unspecified atom stereocenters. The van der Waals surface area contributed by atoms with Crippen molar-refractivity contribution < 1.29 is 14.7 Å². The van der Waals surface area contributed by atoms with Crippen LogP contribution in [0.3, 0.4) is 0 Å². The molecule has 0 aliphatic carbocycles. The van der Waals surface area contributed by atoms with Gasteiger partial charge in [0.2, 0.25) is 5.91 Å². The van der Waals surface area contributed by atoms with E-state index in [4.69, 9.17) is 10.8 Å². The van der Waals surface area contributed by atoms with Gasteiger partial charge >= 0.3 is 5.97 Å². The van der Waals surface area contributed by atoms with Gasteiger partial charge in [-0.2, -0.15) is 0 Å². The molecule has 3 N–H and O–H groups in total. The molecule has 0 aromatic carbocycles. The quantitative estimate of drug-likeness (QED) is 0.751. The molecule has 0 spiro atoms. The van der Waals surface area contributed by atoms with E-state index in [0.29, 0.717) is 6.04 Å². The summed E-state index contributed by atoms with van der Waals surface area (Å²) in [6, 6.07) is -0.370.